The molecule has 0 amide bonds. The van der Waals surface area contributed by atoms with Gasteiger partial charge in [-0.2, -0.15) is 0 Å². The van der Waals surface area contributed by atoms with Crippen LogP contribution in [0, 0.1) is 0 Å². The van der Waals surface area contributed by atoms with Crippen LogP contribution in [-0.2, 0) is 4.84 Å². The predicted octanol–water partition coefficient (Wildman–Crippen LogP) is 1.86. The first-order chi connectivity index (χ1) is 4.93. The first-order valence-electron chi connectivity index (χ1n) is 4.32. The summed E-state index contributed by atoms with van der Waals surface area (Å²) >= 11 is 0. The molecule has 1 aliphatic rings. The van der Waals surface area contributed by atoms with Gasteiger partial charge < -0.3 is 0 Å². The molecule has 0 radical (unpaired) electrons. The Bertz CT molecular complexity index is 79.3. The highest BCUT2D eigenvalue weighted by atomic mass is 16.7. The standard InChI is InChI=1S/C8H17NO/c1-2-9-10-8-6-4-3-5-7-8/h8-9H,2-7H2,1H3. The van der Waals surface area contributed by atoms with Gasteiger partial charge in [0.05, 0.1) is 6.10 Å². The van der Waals surface area contributed by atoms with Crippen LogP contribution < -0.4 is 5.48 Å². The molecule has 0 saturated heterocycles. The molecule has 1 aliphatic carbocycles. The number of hydrogen-bond acceptors (Lipinski definition) is 2. The van der Waals surface area contributed by atoms with Gasteiger partial charge in [0, 0.05) is 6.54 Å². The average Bonchev–Trinajstić information content (AvgIpc) is 2.03. The molecular formula is C8H17NO. The van der Waals surface area contributed by atoms with Crippen molar-refractivity contribution in [1.82, 2.24) is 5.48 Å². The van der Waals surface area contributed by atoms with Crippen molar-refractivity contribution < 1.29 is 4.84 Å². The van der Waals surface area contributed by atoms with Gasteiger partial charge >= 0.3 is 0 Å². The molecule has 0 aliphatic heterocycles. The summed E-state index contributed by atoms with van der Waals surface area (Å²) in [7, 11) is 0. The Balaban J connectivity index is 2.02. The zero-order valence-corrected chi connectivity index (χ0v) is 6.73. The molecular weight excluding hydrogens is 126 g/mol. The molecule has 1 rings (SSSR count). The van der Waals surface area contributed by atoms with Crippen molar-refractivity contribution in [2.24, 2.45) is 0 Å². The van der Waals surface area contributed by atoms with E-state index in [-0.39, 0.29) is 0 Å². The van der Waals surface area contributed by atoms with Crippen LogP contribution in [0.3, 0.4) is 0 Å². The molecule has 0 heterocycles. The van der Waals surface area contributed by atoms with Crippen LogP contribution in [0.4, 0.5) is 0 Å². The fraction of sp³-hybridized carbons (Fsp3) is 1.00. The van der Waals surface area contributed by atoms with Crippen molar-refractivity contribution in [2.45, 2.75) is 45.1 Å². The summed E-state index contributed by atoms with van der Waals surface area (Å²) in [5, 5.41) is 0. The zero-order chi connectivity index (χ0) is 7.23. The second-order valence-corrected chi connectivity index (χ2v) is 2.88. The molecule has 0 atom stereocenters. The SMILES string of the molecule is CCNOC1CCCCC1. The van der Waals surface area contributed by atoms with Crippen LogP contribution in [0.15, 0.2) is 0 Å². The van der Waals surface area contributed by atoms with Gasteiger partial charge in [0.15, 0.2) is 0 Å². The highest BCUT2D eigenvalue weighted by Gasteiger charge is 2.12. The van der Waals surface area contributed by atoms with Gasteiger partial charge in [-0.25, -0.2) is 5.48 Å². The number of hydroxylamine groups is 1. The smallest absolute Gasteiger partial charge is 0.0790 e. The van der Waals surface area contributed by atoms with Crippen molar-refractivity contribution in [1.29, 1.82) is 0 Å². The quantitative estimate of drug-likeness (QED) is 0.609. The van der Waals surface area contributed by atoms with Gasteiger partial charge in [-0.1, -0.05) is 26.2 Å². The molecule has 0 spiro atoms. The van der Waals surface area contributed by atoms with E-state index in [1.165, 1.54) is 32.1 Å². The molecule has 1 fully saturated rings. The molecule has 2 heteroatoms. The van der Waals surface area contributed by atoms with Crippen LogP contribution in [0.5, 0.6) is 0 Å². The van der Waals surface area contributed by atoms with Crippen LogP contribution in [0.1, 0.15) is 39.0 Å². The minimum absolute atomic E-state index is 0.494. The Morgan fingerprint density at radius 1 is 1.30 bits per heavy atom. The minimum Gasteiger partial charge on any atom is -0.299 e. The maximum Gasteiger partial charge on any atom is 0.0790 e. The molecule has 10 heavy (non-hydrogen) atoms. The summed E-state index contributed by atoms with van der Waals surface area (Å²) in [6.45, 7) is 2.97. The maximum atomic E-state index is 5.38. The summed E-state index contributed by atoms with van der Waals surface area (Å²) in [5.74, 6) is 0. The minimum atomic E-state index is 0.494. The van der Waals surface area contributed by atoms with Crippen LogP contribution in [0.25, 0.3) is 0 Å². The largest absolute Gasteiger partial charge is 0.299 e. The van der Waals surface area contributed by atoms with E-state index in [2.05, 4.69) is 12.4 Å². The van der Waals surface area contributed by atoms with E-state index in [0.29, 0.717) is 6.10 Å². The highest BCUT2D eigenvalue weighted by molar-refractivity contribution is 4.63. The predicted molar refractivity (Wildman–Crippen MR) is 41.6 cm³/mol. The van der Waals surface area contributed by atoms with Crippen molar-refractivity contribution in [3.05, 3.63) is 0 Å². The van der Waals surface area contributed by atoms with Crippen molar-refractivity contribution in [2.75, 3.05) is 6.54 Å². The van der Waals surface area contributed by atoms with Crippen molar-refractivity contribution in [3.8, 4) is 0 Å². The van der Waals surface area contributed by atoms with Gasteiger partial charge in [0.25, 0.3) is 0 Å². The molecule has 0 aromatic carbocycles. The average molecular weight is 143 g/mol. The van der Waals surface area contributed by atoms with Crippen LogP contribution in [0.2, 0.25) is 0 Å². The van der Waals surface area contributed by atoms with Gasteiger partial charge in [-0.15, -0.1) is 0 Å². The third-order valence-electron chi connectivity index (χ3n) is 1.95. The fourth-order valence-corrected chi connectivity index (χ4v) is 1.38. The van der Waals surface area contributed by atoms with Crippen molar-refractivity contribution >= 4 is 0 Å². The summed E-state index contributed by atoms with van der Waals surface area (Å²) in [4.78, 5) is 5.38. The summed E-state index contributed by atoms with van der Waals surface area (Å²) in [6, 6.07) is 0. The number of rotatable bonds is 3. The van der Waals surface area contributed by atoms with E-state index in [0.717, 1.165) is 6.54 Å². The van der Waals surface area contributed by atoms with E-state index in [9.17, 15) is 0 Å². The molecule has 1 saturated carbocycles. The Morgan fingerprint density at radius 3 is 2.60 bits per heavy atom. The first kappa shape index (κ1) is 8.02. The summed E-state index contributed by atoms with van der Waals surface area (Å²) in [6.07, 6.45) is 7.06. The molecule has 0 bridgehead atoms. The number of nitrogens with one attached hydrogen (secondary N) is 1. The summed E-state index contributed by atoms with van der Waals surface area (Å²) in [5.41, 5.74) is 2.92. The molecule has 0 unspecified atom stereocenters. The van der Waals surface area contributed by atoms with Crippen LogP contribution >= 0.6 is 0 Å². The van der Waals surface area contributed by atoms with Gasteiger partial charge in [0.2, 0.25) is 0 Å². The topological polar surface area (TPSA) is 21.3 Å². The summed E-state index contributed by atoms with van der Waals surface area (Å²) < 4.78 is 0. The van der Waals surface area contributed by atoms with Gasteiger partial charge in [-0.05, 0) is 12.8 Å². The molecule has 2 nitrogen and oxygen atoms in total. The lowest BCUT2D eigenvalue weighted by atomic mass is 9.98. The lowest BCUT2D eigenvalue weighted by Crippen LogP contribution is -2.25. The fourth-order valence-electron chi connectivity index (χ4n) is 1.38. The van der Waals surface area contributed by atoms with E-state index >= 15 is 0 Å². The number of hydrogen-bond donors (Lipinski definition) is 1. The first-order valence-corrected chi connectivity index (χ1v) is 4.32. The van der Waals surface area contributed by atoms with Crippen molar-refractivity contribution in [3.63, 3.8) is 0 Å². The monoisotopic (exact) mass is 143 g/mol. The molecule has 1 N–H and O–H groups in total. The Kier molecular flexibility index (Phi) is 3.76. The Labute approximate surface area is 62.9 Å². The third kappa shape index (κ3) is 2.67. The normalized spacial score (nSPS) is 21.3. The Hall–Kier alpha value is -0.0800. The second-order valence-electron chi connectivity index (χ2n) is 2.88. The second kappa shape index (κ2) is 4.69. The van der Waals surface area contributed by atoms with Crippen LogP contribution in [-0.4, -0.2) is 12.6 Å². The maximum absolute atomic E-state index is 5.38. The highest BCUT2D eigenvalue weighted by Crippen LogP contribution is 2.19. The molecule has 0 aromatic heterocycles. The lowest BCUT2D eigenvalue weighted by Gasteiger charge is -2.21. The van der Waals surface area contributed by atoms with Gasteiger partial charge in [-0.3, -0.25) is 4.84 Å². The van der Waals surface area contributed by atoms with E-state index in [1.807, 2.05) is 0 Å². The zero-order valence-electron chi connectivity index (χ0n) is 6.73. The third-order valence-corrected chi connectivity index (χ3v) is 1.95. The Morgan fingerprint density at radius 2 is 2.00 bits per heavy atom. The van der Waals surface area contributed by atoms with E-state index in [4.69, 9.17) is 4.84 Å². The van der Waals surface area contributed by atoms with Gasteiger partial charge in [0.1, 0.15) is 0 Å². The molecule has 60 valence electrons. The van der Waals surface area contributed by atoms with E-state index in [1.54, 1.807) is 0 Å². The molecule has 0 aromatic rings. The van der Waals surface area contributed by atoms with E-state index < -0.39 is 0 Å². The lowest BCUT2D eigenvalue weighted by molar-refractivity contribution is -0.0394.